The van der Waals surface area contributed by atoms with Gasteiger partial charge in [0.2, 0.25) is 0 Å². The van der Waals surface area contributed by atoms with Crippen molar-refractivity contribution in [1.82, 2.24) is 10.2 Å². The lowest BCUT2D eigenvalue weighted by atomic mass is 9.89. The van der Waals surface area contributed by atoms with Gasteiger partial charge in [0.05, 0.1) is 0 Å². The first-order valence-corrected chi connectivity index (χ1v) is 7.87. The van der Waals surface area contributed by atoms with Crippen molar-refractivity contribution in [3.8, 4) is 0 Å². The maximum absolute atomic E-state index is 12.3. The molecule has 5 heteroatoms. The van der Waals surface area contributed by atoms with E-state index in [9.17, 15) is 14.7 Å². The molecule has 0 aromatic rings. The number of carbonyl (C=O) groups excluding carboxylic acids is 1. The molecule has 2 aliphatic rings. The number of amides is 2. The predicted octanol–water partition coefficient (Wildman–Crippen LogP) is 2.46. The average Bonchev–Trinajstić information content (AvgIpc) is 2.45. The Bertz CT molecular complexity index is 353. The van der Waals surface area contributed by atoms with Gasteiger partial charge >= 0.3 is 12.0 Å². The number of hydrogen-bond acceptors (Lipinski definition) is 2. The summed E-state index contributed by atoms with van der Waals surface area (Å²) in [5.41, 5.74) is 0. The highest BCUT2D eigenvalue weighted by molar-refractivity contribution is 5.83. The predicted molar refractivity (Wildman–Crippen MR) is 76.5 cm³/mol. The zero-order chi connectivity index (χ0) is 14.5. The van der Waals surface area contributed by atoms with Crippen LogP contribution in [0, 0.1) is 11.8 Å². The van der Waals surface area contributed by atoms with Crippen molar-refractivity contribution < 1.29 is 14.7 Å². The van der Waals surface area contributed by atoms with E-state index in [2.05, 4.69) is 5.32 Å². The maximum Gasteiger partial charge on any atom is 0.326 e. The van der Waals surface area contributed by atoms with E-state index in [1.807, 2.05) is 6.92 Å². The molecule has 1 aliphatic carbocycles. The van der Waals surface area contributed by atoms with Gasteiger partial charge in [0.25, 0.3) is 0 Å². The molecular weight excluding hydrogens is 256 g/mol. The second-order valence-corrected chi connectivity index (χ2v) is 6.29. The fourth-order valence-electron chi connectivity index (χ4n) is 3.52. The molecule has 1 heterocycles. The third-order valence-electron chi connectivity index (χ3n) is 4.71. The lowest BCUT2D eigenvalue weighted by molar-refractivity contribution is -0.145. The first kappa shape index (κ1) is 15.1. The van der Waals surface area contributed by atoms with Crippen molar-refractivity contribution in [3.05, 3.63) is 0 Å². The molecule has 114 valence electrons. The number of nitrogens with zero attached hydrogens (tertiary/aromatic N) is 1. The summed E-state index contributed by atoms with van der Waals surface area (Å²) in [7, 11) is 0. The van der Waals surface area contributed by atoms with Crippen LogP contribution in [0.5, 0.6) is 0 Å². The van der Waals surface area contributed by atoms with Gasteiger partial charge in [-0.1, -0.05) is 26.2 Å². The molecule has 0 aromatic heterocycles. The number of piperidine rings is 1. The third kappa shape index (κ3) is 3.64. The third-order valence-corrected chi connectivity index (χ3v) is 4.71. The Labute approximate surface area is 120 Å². The summed E-state index contributed by atoms with van der Waals surface area (Å²) in [4.78, 5) is 25.1. The van der Waals surface area contributed by atoms with Crippen LogP contribution in [0.4, 0.5) is 4.79 Å². The standard InChI is InChI=1S/C15H26N2O3/c1-11-6-5-9-17(13(11)14(18)19)15(20)16-10-12-7-3-2-4-8-12/h11-13H,2-10H2,1H3,(H,16,20)(H,18,19). The molecule has 2 unspecified atom stereocenters. The molecule has 2 amide bonds. The molecule has 0 aromatic carbocycles. The summed E-state index contributed by atoms with van der Waals surface area (Å²) in [6.45, 7) is 3.16. The lowest BCUT2D eigenvalue weighted by Gasteiger charge is -2.37. The van der Waals surface area contributed by atoms with Gasteiger partial charge in [0.15, 0.2) is 0 Å². The van der Waals surface area contributed by atoms with E-state index in [0.29, 0.717) is 19.0 Å². The fourth-order valence-corrected chi connectivity index (χ4v) is 3.52. The van der Waals surface area contributed by atoms with Crippen molar-refractivity contribution in [1.29, 1.82) is 0 Å². The van der Waals surface area contributed by atoms with Gasteiger partial charge < -0.3 is 15.3 Å². The second-order valence-electron chi connectivity index (χ2n) is 6.29. The minimum atomic E-state index is -0.884. The number of carboxylic acid groups (broad SMARTS) is 1. The number of urea groups is 1. The van der Waals surface area contributed by atoms with E-state index in [-0.39, 0.29) is 11.9 Å². The van der Waals surface area contributed by atoms with Gasteiger partial charge in [-0.3, -0.25) is 0 Å². The van der Waals surface area contributed by atoms with E-state index in [4.69, 9.17) is 0 Å². The molecule has 5 nitrogen and oxygen atoms in total. The molecule has 2 atom stereocenters. The van der Waals surface area contributed by atoms with Crippen LogP contribution in [0.2, 0.25) is 0 Å². The van der Waals surface area contributed by atoms with Crippen molar-refractivity contribution in [3.63, 3.8) is 0 Å². The van der Waals surface area contributed by atoms with E-state index in [1.165, 1.54) is 37.0 Å². The number of rotatable bonds is 3. The van der Waals surface area contributed by atoms with Crippen LogP contribution < -0.4 is 5.32 Å². The molecule has 0 bridgehead atoms. The average molecular weight is 282 g/mol. The van der Waals surface area contributed by atoms with E-state index >= 15 is 0 Å². The van der Waals surface area contributed by atoms with Gasteiger partial charge in [0, 0.05) is 13.1 Å². The molecule has 2 fully saturated rings. The van der Waals surface area contributed by atoms with Crippen LogP contribution in [0.3, 0.4) is 0 Å². The second kappa shape index (κ2) is 6.95. The Morgan fingerprint density at radius 2 is 1.85 bits per heavy atom. The van der Waals surface area contributed by atoms with Gasteiger partial charge in [-0.15, -0.1) is 0 Å². The topological polar surface area (TPSA) is 69.6 Å². The number of aliphatic carboxylic acids is 1. The molecule has 0 radical (unpaired) electrons. The minimum absolute atomic E-state index is 0.0293. The van der Waals surface area contributed by atoms with Gasteiger partial charge in [0.1, 0.15) is 6.04 Å². The Morgan fingerprint density at radius 1 is 1.15 bits per heavy atom. The molecule has 1 saturated heterocycles. The Morgan fingerprint density at radius 3 is 2.50 bits per heavy atom. The summed E-state index contributed by atoms with van der Waals surface area (Å²) in [6.07, 6.45) is 7.93. The quantitative estimate of drug-likeness (QED) is 0.835. The van der Waals surface area contributed by atoms with Crippen molar-refractivity contribution in [2.75, 3.05) is 13.1 Å². The Kier molecular flexibility index (Phi) is 5.26. The number of carboxylic acids is 1. The monoisotopic (exact) mass is 282 g/mol. The van der Waals surface area contributed by atoms with Crippen LogP contribution in [0.1, 0.15) is 51.9 Å². The molecule has 2 N–H and O–H groups in total. The summed E-state index contributed by atoms with van der Waals surface area (Å²) in [5, 5.41) is 12.3. The lowest BCUT2D eigenvalue weighted by Crippen LogP contribution is -2.55. The van der Waals surface area contributed by atoms with Gasteiger partial charge in [-0.25, -0.2) is 9.59 Å². The highest BCUT2D eigenvalue weighted by Crippen LogP contribution is 2.25. The summed E-state index contributed by atoms with van der Waals surface area (Å²) < 4.78 is 0. The number of likely N-dealkylation sites (tertiary alicyclic amines) is 1. The summed E-state index contributed by atoms with van der Waals surface area (Å²) in [6, 6.07) is -0.871. The maximum atomic E-state index is 12.3. The zero-order valence-electron chi connectivity index (χ0n) is 12.3. The molecule has 2 rings (SSSR count). The highest BCUT2D eigenvalue weighted by atomic mass is 16.4. The number of hydrogen-bond donors (Lipinski definition) is 2. The summed E-state index contributed by atoms with van der Waals surface area (Å²) in [5.74, 6) is -0.287. The van der Waals surface area contributed by atoms with Crippen molar-refractivity contribution in [2.45, 2.75) is 57.9 Å². The number of carbonyl (C=O) groups is 2. The smallest absolute Gasteiger partial charge is 0.326 e. The fraction of sp³-hybridized carbons (Fsp3) is 0.867. The van der Waals surface area contributed by atoms with E-state index < -0.39 is 12.0 Å². The van der Waals surface area contributed by atoms with Crippen LogP contribution in [-0.2, 0) is 4.79 Å². The summed E-state index contributed by atoms with van der Waals surface area (Å²) >= 11 is 0. The minimum Gasteiger partial charge on any atom is -0.480 e. The van der Waals surface area contributed by atoms with Crippen LogP contribution in [0.15, 0.2) is 0 Å². The van der Waals surface area contributed by atoms with Gasteiger partial charge in [-0.2, -0.15) is 0 Å². The molecule has 20 heavy (non-hydrogen) atoms. The van der Waals surface area contributed by atoms with Crippen molar-refractivity contribution >= 4 is 12.0 Å². The Hall–Kier alpha value is -1.26. The normalized spacial score (nSPS) is 28.1. The highest BCUT2D eigenvalue weighted by Gasteiger charge is 2.37. The SMILES string of the molecule is CC1CCCN(C(=O)NCC2CCCCC2)C1C(=O)O. The molecular formula is C15H26N2O3. The Balaban J connectivity index is 1.87. The molecule has 1 aliphatic heterocycles. The first-order valence-electron chi connectivity index (χ1n) is 7.87. The largest absolute Gasteiger partial charge is 0.480 e. The van der Waals surface area contributed by atoms with Crippen molar-refractivity contribution in [2.24, 2.45) is 11.8 Å². The first-order chi connectivity index (χ1) is 9.59. The van der Waals surface area contributed by atoms with Gasteiger partial charge in [-0.05, 0) is 37.5 Å². The van der Waals surface area contributed by atoms with Crippen LogP contribution in [-0.4, -0.2) is 41.1 Å². The van der Waals surface area contributed by atoms with Crippen LogP contribution in [0.25, 0.3) is 0 Å². The van der Waals surface area contributed by atoms with E-state index in [0.717, 1.165) is 12.8 Å². The van der Waals surface area contributed by atoms with Crippen LogP contribution >= 0.6 is 0 Å². The molecule has 0 spiro atoms. The zero-order valence-corrected chi connectivity index (χ0v) is 12.3. The molecule has 1 saturated carbocycles. The van der Waals surface area contributed by atoms with E-state index in [1.54, 1.807) is 0 Å². The number of nitrogens with one attached hydrogen (secondary N) is 1.